The first kappa shape index (κ1) is 12.9. The van der Waals surface area contributed by atoms with Gasteiger partial charge in [-0.2, -0.15) is 11.8 Å². The summed E-state index contributed by atoms with van der Waals surface area (Å²) in [4.78, 5) is 0. The topological polar surface area (TPSA) is 38.0 Å². The van der Waals surface area contributed by atoms with Gasteiger partial charge in [0.2, 0.25) is 0 Å². The molecule has 0 radical (unpaired) electrons. The Morgan fingerprint density at radius 1 is 1.41 bits per heavy atom. The van der Waals surface area contributed by atoms with E-state index in [2.05, 4.69) is 37.5 Å². The predicted octanol–water partition coefficient (Wildman–Crippen LogP) is 2.43. The Kier molecular flexibility index (Phi) is 4.48. The van der Waals surface area contributed by atoms with Gasteiger partial charge in [0.15, 0.2) is 0 Å². The average molecular weight is 250 g/mol. The molecule has 0 amide bonds. The van der Waals surface area contributed by atoms with E-state index in [1.807, 2.05) is 11.8 Å². The quantitative estimate of drug-likeness (QED) is 0.637. The van der Waals surface area contributed by atoms with Crippen LogP contribution in [0.1, 0.15) is 23.1 Å². The molecule has 0 saturated carbocycles. The van der Waals surface area contributed by atoms with Crippen molar-refractivity contribution in [1.82, 2.24) is 5.43 Å². The Bertz CT molecular complexity index is 352. The lowest BCUT2D eigenvalue weighted by atomic mass is 9.90. The number of hydrogen-bond donors (Lipinski definition) is 2. The maximum Gasteiger partial charge on any atom is 0.0287 e. The first-order valence-electron chi connectivity index (χ1n) is 6.31. The molecular formula is C14H22N2S. The van der Waals surface area contributed by atoms with E-state index in [1.54, 1.807) is 0 Å². The maximum absolute atomic E-state index is 5.74. The summed E-state index contributed by atoms with van der Waals surface area (Å²) in [5.41, 5.74) is 7.27. The summed E-state index contributed by atoms with van der Waals surface area (Å²) in [5, 5.41) is 0. The van der Waals surface area contributed by atoms with Crippen LogP contribution in [0.15, 0.2) is 18.2 Å². The Morgan fingerprint density at radius 3 is 2.65 bits per heavy atom. The standard InChI is InChI=1S/C14H22N2S/c1-10-4-3-5-11(2)13(10)8-14(16-15)12-6-7-17-9-12/h3-5,12,14,16H,6-9,15H2,1-2H3. The normalized spacial score (nSPS) is 21.7. The second-order valence-electron chi connectivity index (χ2n) is 4.97. The average Bonchev–Trinajstić information content (AvgIpc) is 2.82. The number of benzene rings is 1. The molecular weight excluding hydrogens is 228 g/mol. The first-order chi connectivity index (χ1) is 8.22. The molecule has 2 nitrogen and oxygen atoms in total. The SMILES string of the molecule is Cc1cccc(C)c1CC(NN)C1CCSC1. The number of nitrogens with one attached hydrogen (secondary N) is 1. The van der Waals surface area contributed by atoms with Gasteiger partial charge in [0.1, 0.15) is 0 Å². The molecule has 0 bridgehead atoms. The zero-order valence-electron chi connectivity index (χ0n) is 10.7. The number of hydrazine groups is 1. The summed E-state index contributed by atoms with van der Waals surface area (Å²) in [6, 6.07) is 6.94. The van der Waals surface area contributed by atoms with Crippen LogP contribution in [0.2, 0.25) is 0 Å². The fourth-order valence-corrected chi connectivity index (χ4v) is 3.96. The summed E-state index contributed by atoms with van der Waals surface area (Å²) in [6.07, 6.45) is 2.35. The molecule has 0 spiro atoms. The van der Waals surface area contributed by atoms with Gasteiger partial charge in [-0.1, -0.05) is 18.2 Å². The van der Waals surface area contributed by atoms with Crippen LogP contribution in [0.4, 0.5) is 0 Å². The van der Waals surface area contributed by atoms with Crippen LogP contribution < -0.4 is 11.3 Å². The Labute approximate surface area is 108 Å². The lowest BCUT2D eigenvalue weighted by molar-refractivity contribution is 0.385. The fourth-order valence-electron chi connectivity index (χ4n) is 2.62. The summed E-state index contributed by atoms with van der Waals surface area (Å²) in [6.45, 7) is 4.39. The van der Waals surface area contributed by atoms with Gasteiger partial charge in [0.05, 0.1) is 0 Å². The molecule has 2 atom stereocenters. The van der Waals surface area contributed by atoms with E-state index in [1.165, 1.54) is 34.6 Å². The van der Waals surface area contributed by atoms with Gasteiger partial charge in [-0.3, -0.25) is 11.3 Å². The van der Waals surface area contributed by atoms with E-state index in [0.717, 1.165) is 12.3 Å². The summed E-state index contributed by atoms with van der Waals surface area (Å²) in [7, 11) is 0. The third-order valence-corrected chi connectivity index (χ3v) is 5.00. The molecule has 17 heavy (non-hydrogen) atoms. The van der Waals surface area contributed by atoms with Crippen molar-refractivity contribution in [2.24, 2.45) is 11.8 Å². The van der Waals surface area contributed by atoms with E-state index in [4.69, 9.17) is 5.84 Å². The highest BCUT2D eigenvalue weighted by Gasteiger charge is 2.25. The van der Waals surface area contributed by atoms with E-state index in [-0.39, 0.29) is 0 Å². The Balaban J connectivity index is 2.12. The number of hydrogen-bond acceptors (Lipinski definition) is 3. The van der Waals surface area contributed by atoms with Crippen molar-refractivity contribution < 1.29 is 0 Å². The number of rotatable bonds is 4. The summed E-state index contributed by atoms with van der Waals surface area (Å²) >= 11 is 2.05. The van der Waals surface area contributed by atoms with Crippen LogP contribution in [0.25, 0.3) is 0 Å². The van der Waals surface area contributed by atoms with Gasteiger partial charge in [-0.25, -0.2) is 0 Å². The Hall–Kier alpha value is -0.510. The number of thioether (sulfide) groups is 1. The molecule has 0 aromatic heterocycles. The molecule has 0 aliphatic carbocycles. The summed E-state index contributed by atoms with van der Waals surface area (Å²) in [5.74, 6) is 9.00. The van der Waals surface area contributed by atoms with Gasteiger partial charge in [0, 0.05) is 6.04 Å². The van der Waals surface area contributed by atoms with Crippen LogP contribution in [0.5, 0.6) is 0 Å². The Morgan fingerprint density at radius 2 is 2.12 bits per heavy atom. The van der Waals surface area contributed by atoms with Crippen LogP contribution >= 0.6 is 11.8 Å². The molecule has 1 heterocycles. The zero-order chi connectivity index (χ0) is 12.3. The van der Waals surface area contributed by atoms with Gasteiger partial charge in [-0.15, -0.1) is 0 Å². The van der Waals surface area contributed by atoms with Crippen LogP contribution in [-0.2, 0) is 6.42 Å². The van der Waals surface area contributed by atoms with Crippen molar-refractivity contribution in [1.29, 1.82) is 0 Å². The smallest absolute Gasteiger partial charge is 0.0287 e. The van der Waals surface area contributed by atoms with Gasteiger partial charge >= 0.3 is 0 Å². The van der Waals surface area contributed by atoms with E-state index in [0.29, 0.717) is 6.04 Å². The number of aryl methyl sites for hydroxylation is 2. The van der Waals surface area contributed by atoms with Crippen molar-refractivity contribution in [2.45, 2.75) is 32.7 Å². The van der Waals surface area contributed by atoms with Crippen molar-refractivity contribution in [2.75, 3.05) is 11.5 Å². The molecule has 3 N–H and O–H groups in total. The van der Waals surface area contributed by atoms with E-state index in [9.17, 15) is 0 Å². The van der Waals surface area contributed by atoms with E-state index < -0.39 is 0 Å². The van der Waals surface area contributed by atoms with Crippen LogP contribution in [0.3, 0.4) is 0 Å². The molecule has 2 unspecified atom stereocenters. The van der Waals surface area contributed by atoms with Gasteiger partial charge in [0.25, 0.3) is 0 Å². The van der Waals surface area contributed by atoms with Crippen molar-refractivity contribution in [3.8, 4) is 0 Å². The highest BCUT2D eigenvalue weighted by molar-refractivity contribution is 7.99. The second kappa shape index (κ2) is 5.89. The predicted molar refractivity (Wildman–Crippen MR) is 76.2 cm³/mol. The van der Waals surface area contributed by atoms with Crippen molar-refractivity contribution >= 4 is 11.8 Å². The van der Waals surface area contributed by atoms with Crippen LogP contribution in [0, 0.1) is 19.8 Å². The monoisotopic (exact) mass is 250 g/mol. The molecule has 1 fully saturated rings. The van der Waals surface area contributed by atoms with Crippen molar-refractivity contribution in [3.63, 3.8) is 0 Å². The first-order valence-corrected chi connectivity index (χ1v) is 7.47. The number of nitrogens with two attached hydrogens (primary N) is 1. The van der Waals surface area contributed by atoms with Gasteiger partial charge < -0.3 is 0 Å². The highest BCUT2D eigenvalue weighted by Crippen LogP contribution is 2.28. The molecule has 94 valence electrons. The molecule has 1 aromatic rings. The molecule has 1 saturated heterocycles. The molecule has 1 aliphatic heterocycles. The fraction of sp³-hybridized carbons (Fsp3) is 0.571. The third kappa shape index (κ3) is 3.03. The van der Waals surface area contributed by atoms with Gasteiger partial charge in [-0.05, 0) is 60.8 Å². The minimum Gasteiger partial charge on any atom is -0.271 e. The molecule has 3 heteroatoms. The minimum atomic E-state index is 0.421. The third-order valence-electron chi connectivity index (χ3n) is 3.82. The molecule has 1 aromatic carbocycles. The zero-order valence-corrected chi connectivity index (χ0v) is 11.5. The second-order valence-corrected chi connectivity index (χ2v) is 6.12. The maximum atomic E-state index is 5.74. The largest absolute Gasteiger partial charge is 0.271 e. The lowest BCUT2D eigenvalue weighted by Gasteiger charge is -2.23. The highest BCUT2D eigenvalue weighted by atomic mass is 32.2. The van der Waals surface area contributed by atoms with Crippen molar-refractivity contribution in [3.05, 3.63) is 34.9 Å². The molecule has 1 aliphatic rings. The van der Waals surface area contributed by atoms with E-state index >= 15 is 0 Å². The summed E-state index contributed by atoms with van der Waals surface area (Å²) < 4.78 is 0. The van der Waals surface area contributed by atoms with Crippen LogP contribution in [-0.4, -0.2) is 17.5 Å². The minimum absolute atomic E-state index is 0.421. The lowest BCUT2D eigenvalue weighted by Crippen LogP contribution is -2.42. The molecule has 2 rings (SSSR count).